The van der Waals surface area contributed by atoms with Crippen molar-refractivity contribution in [2.24, 2.45) is 4.99 Å². The van der Waals surface area contributed by atoms with Crippen LogP contribution in [0.25, 0.3) is 5.65 Å². The van der Waals surface area contributed by atoms with Crippen LogP contribution in [0.4, 0.5) is 0 Å². The van der Waals surface area contributed by atoms with Crippen LogP contribution in [0, 0.1) is 0 Å². The van der Waals surface area contributed by atoms with Crippen molar-refractivity contribution in [3.05, 3.63) is 66.1 Å². The molecule has 0 aliphatic heterocycles. The van der Waals surface area contributed by atoms with E-state index in [-0.39, 0.29) is 5.41 Å². The topological polar surface area (TPSA) is 66.6 Å². The molecule has 0 spiro atoms. The van der Waals surface area contributed by atoms with Crippen molar-refractivity contribution >= 4 is 11.6 Å². The minimum Gasteiger partial charge on any atom is -0.357 e. The molecular weight excluding hydrogens is 348 g/mol. The Balaban J connectivity index is 1.53. The average Bonchev–Trinajstić information content (AvgIpc) is 3.13. The number of nitrogens with one attached hydrogen (secondary N) is 2. The fraction of sp³-hybridized carbons (Fsp3) is 0.409. The molecule has 0 unspecified atom stereocenters. The number of aromatic nitrogens is 3. The number of rotatable bonds is 8. The van der Waals surface area contributed by atoms with Crippen LogP contribution < -0.4 is 10.6 Å². The van der Waals surface area contributed by atoms with E-state index >= 15 is 0 Å². The molecule has 0 amide bonds. The Morgan fingerprint density at radius 3 is 2.61 bits per heavy atom. The van der Waals surface area contributed by atoms with E-state index in [0.717, 1.165) is 49.9 Å². The highest BCUT2D eigenvalue weighted by Crippen LogP contribution is 2.22. The second kappa shape index (κ2) is 9.35. The molecule has 0 radical (unpaired) electrons. The first-order chi connectivity index (χ1) is 13.6. The van der Waals surface area contributed by atoms with Crippen molar-refractivity contribution < 1.29 is 0 Å². The quantitative estimate of drug-likeness (QED) is 0.359. The molecule has 2 N–H and O–H groups in total. The van der Waals surface area contributed by atoms with Gasteiger partial charge in [-0.25, -0.2) is 0 Å². The standard InChI is InChI=1S/C22H30N6/c1-4-23-21(25-17-22(2,3)18-11-6-5-7-12-18)24-15-10-14-20-27-26-19-13-8-9-16-28(19)20/h5-9,11-13,16H,4,10,14-15,17H2,1-3H3,(H2,23,24,25). The van der Waals surface area contributed by atoms with Gasteiger partial charge in [0.15, 0.2) is 11.6 Å². The summed E-state index contributed by atoms with van der Waals surface area (Å²) in [6.07, 6.45) is 3.84. The number of guanidine groups is 1. The van der Waals surface area contributed by atoms with Gasteiger partial charge in [-0.2, -0.15) is 0 Å². The third-order valence-electron chi connectivity index (χ3n) is 4.79. The van der Waals surface area contributed by atoms with Gasteiger partial charge in [-0.05, 0) is 31.0 Å². The van der Waals surface area contributed by atoms with E-state index in [1.165, 1.54) is 5.56 Å². The van der Waals surface area contributed by atoms with Gasteiger partial charge in [0.25, 0.3) is 0 Å². The van der Waals surface area contributed by atoms with Crippen LogP contribution in [0.3, 0.4) is 0 Å². The second-order valence-electron chi connectivity index (χ2n) is 7.52. The monoisotopic (exact) mass is 378 g/mol. The summed E-state index contributed by atoms with van der Waals surface area (Å²) in [6, 6.07) is 16.5. The van der Waals surface area contributed by atoms with E-state index in [1.54, 1.807) is 0 Å². The number of aliphatic imine (C=N–C) groups is 1. The number of hydrogen-bond donors (Lipinski definition) is 2. The molecule has 3 aromatic rings. The number of hydrogen-bond acceptors (Lipinski definition) is 3. The van der Waals surface area contributed by atoms with Crippen molar-refractivity contribution in [1.29, 1.82) is 0 Å². The molecule has 2 heterocycles. The van der Waals surface area contributed by atoms with Gasteiger partial charge in [-0.3, -0.25) is 9.39 Å². The Bertz CT molecular complexity index is 898. The lowest BCUT2D eigenvalue weighted by atomic mass is 9.85. The fourth-order valence-corrected chi connectivity index (χ4v) is 3.11. The maximum Gasteiger partial charge on any atom is 0.191 e. The van der Waals surface area contributed by atoms with E-state index < -0.39 is 0 Å². The van der Waals surface area contributed by atoms with Gasteiger partial charge in [0.1, 0.15) is 5.82 Å². The first-order valence-corrected chi connectivity index (χ1v) is 9.96. The molecule has 6 heteroatoms. The zero-order chi connectivity index (χ0) is 19.8. The molecule has 0 bridgehead atoms. The molecule has 28 heavy (non-hydrogen) atoms. The van der Waals surface area contributed by atoms with Gasteiger partial charge < -0.3 is 10.6 Å². The van der Waals surface area contributed by atoms with Crippen molar-refractivity contribution in [2.75, 3.05) is 19.6 Å². The van der Waals surface area contributed by atoms with Gasteiger partial charge in [0.05, 0.1) is 6.54 Å². The molecule has 1 aromatic carbocycles. The zero-order valence-corrected chi connectivity index (χ0v) is 17.0. The van der Waals surface area contributed by atoms with Crippen molar-refractivity contribution in [2.45, 2.75) is 39.0 Å². The molecule has 2 aromatic heterocycles. The Morgan fingerprint density at radius 2 is 1.82 bits per heavy atom. The number of benzene rings is 1. The Morgan fingerprint density at radius 1 is 1.04 bits per heavy atom. The van der Waals surface area contributed by atoms with Gasteiger partial charge in [-0.15, -0.1) is 10.2 Å². The van der Waals surface area contributed by atoms with E-state index in [2.05, 4.69) is 65.9 Å². The largest absolute Gasteiger partial charge is 0.357 e. The molecule has 3 rings (SSSR count). The van der Waals surface area contributed by atoms with Crippen LogP contribution in [0.5, 0.6) is 0 Å². The lowest BCUT2D eigenvalue weighted by molar-refractivity contribution is 0.537. The number of fused-ring (bicyclic) bond motifs is 1. The maximum absolute atomic E-state index is 4.81. The van der Waals surface area contributed by atoms with Gasteiger partial charge in [0, 0.05) is 31.1 Å². The SMILES string of the molecule is CCNC(=NCC(C)(C)c1ccccc1)NCCCc1nnc2ccccn12. The Kier molecular flexibility index (Phi) is 6.63. The molecular formula is C22H30N6. The van der Waals surface area contributed by atoms with Crippen LogP contribution in [0.2, 0.25) is 0 Å². The third-order valence-corrected chi connectivity index (χ3v) is 4.79. The molecule has 0 saturated carbocycles. The zero-order valence-electron chi connectivity index (χ0n) is 17.0. The van der Waals surface area contributed by atoms with E-state index in [9.17, 15) is 0 Å². The van der Waals surface area contributed by atoms with Crippen LogP contribution in [-0.2, 0) is 11.8 Å². The highest BCUT2D eigenvalue weighted by atomic mass is 15.2. The van der Waals surface area contributed by atoms with Crippen LogP contribution in [-0.4, -0.2) is 40.2 Å². The summed E-state index contributed by atoms with van der Waals surface area (Å²) in [5.41, 5.74) is 2.18. The predicted octanol–water partition coefficient (Wildman–Crippen LogP) is 3.19. The molecule has 0 aliphatic carbocycles. The molecule has 0 aliphatic rings. The van der Waals surface area contributed by atoms with Crippen LogP contribution in [0.1, 0.15) is 38.6 Å². The third kappa shape index (κ3) is 5.09. The van der Waals surface area contributed by atoms with Crippen LogP contribution in [0.15, 0.2) is 59.7 Å². The molecule has 6 nitrogen and oxygen atoms in total. The van der Waals surface area contributed by atoms with Gasteiger partial charge >= 0.3 is 0 Å². The highest BCUT2D eigenvalue weighted by Gasteiger charge is 2.20. The molecule has 0 atom stereocenters. The first kappa shape index (κ1) is 19.9. The molecule has 0 fully saturated rings. The smallest absolute Gasteiger partial charge is 0.191 e. The van der Waals surface area contributed by atoms with Gasteiger partial charge in [0.2, 0.25) is 0 Å². The Labute approximate surface area is 167 Å². The van der Waals surface area contributed by atoms with E-state index in [0.29, 0.717) is 0 Å². The van der Waals surface area contributed by atoms with Crippen LogP contribution >= 0.6 is 0 Å². The molecule has 0 saturated heterocycles. The second-order valence-corrected chi connectivity index (χ2v) is 7.52. The minimum absolute atomic E-state index is 0.00988. The normalized spacial score (nSPS) is 12.3. The average molecular weight is 379 g/mol. The fourth-order valence-electron chi connectivity index (χ4n) is 3.11. The first-order valence-electron chi connectivity index (χ1n) is 9.96. The van der Waals surface area contributed by atoms with Crippen molar-refractivity contribution in [3.8, 4) is 0 Å². The summed E-state index contributed by atoms with van der Waals surface area (Å²) in [5.74, 6) is 1.85. The summed E-state index contributed by atoms with van der Waals surface area (Å²) in [7, 11) is 0. The van der Waals surface area contributed by atoms with Crippen molar-refractivity contribution in [3.63, 3.8) is 0 Å². The number of aryl methyl sites for hydroxylation is 1. The summed E-state index contributed by atoms with van der Waals surface area (Å²) in [6.45, 7) is 8.94. The van der Waals surface area contributed by atoms with E-state index in [4.69, 9.17) is 4.99 Å². The van der Waals surface area contributed by atoms with E-state index in [1.807, 2.05) is 34.9 Å². The summed E-state index contributed by atoms with van der Waals surface area (Å²) in [4.78, 5) is 4.81. The number of pyridine rings is 1. The number of nitrogens with zero attached hydrogens (tertiary/aromatic N) is 4. The minimum atomic E-state index is -0.00988. The maximum atomic E-state index is 4.81. The summed E-state index contributed by atoms with van der Waals surface area (Å²) >= 11 is 0. The summed E-state index contributed by atoms with van der Waals surface area (Å²) in [5, 5.41) is 15.3. The molecule has 148 valence electrons. The lowest BCUT2D eigenvalue weighted by Crippen LogP contribution is -2.39. The van der Waals surface area contributed by atoms with Gasteiger partial charge in [-0.1, -0.05) is 50.2 Å². The van der Waals surface area contributed by atoms with Crippen molar-refractivity contribution in [1.82, 2.24) is 25.2 Å². The predicted molar refractivity (Wildman–Crippen MR) is 115 cm³/mol. The summed E-state index contributed by atoms with van der Waals surface area (Å²) < 4.78 is 2.04. The lowest BCUT2D eigenvalue weighted by Gasteiger charge is -2.24. The highest BCUT2D eigenvalue weighted by molar-refractivity contribution is 5.79. The Hall–Kier alpha value is -2.89.